The average Bonchev–Trinajstić information content (AvgIpc) is 2.91. The molecule has 2 heterocycles. The Hall–Kier alpha value is -2.67. The van der Waals surface area contributed by atoms with Gasteiger partial charge in [-0.15, -0.1) is 11.3 Å². The second-order valence-electron chi connectivity index (χ2n) is 4.33. The van der Waals surface area contributed by atoms with E-state index in [2.05, 4.69) is 20.6 Å². The molecule has 0 radical (unpaired) electrons. The van der Waals surface area contributed by atoms with Crippen LogP contribution in [0.15, 0.2) is 36.4 Å². The number of hydrogen-bond acceptors (Lipinski definition) is 6. The highest BCUT2D eigenvalue weighted by molar-refractivity contribution is 7.20. The molecule has 0 unspecified atom stereocenters. The van der Waals surface area contributed by atoms with Crippen molar-refractivity contribution in [2.24, 2.45) is 0 Å². The van der Waals surface area contributed by atoms with Crippen LogP contribution in [0, 0.1) is 0 Å². The standard InChI is InChI=1S/C14H13N5OS/c1-16-12(20)10-7-9-11(17-8-5-3-2-4-6-8)18-14(15)19-13(9)21-10/h2-7H,1H3,(H,16,20)(H3,15,17,18,19). The molecule has 6 nitrogen and oxygen atoms in total. The van der Waals surface area contributed by atoms with Gasteiger partial charge in [-0.2, -0.15) is 4.98 Å². The molecule has 0 fully saturated rings. The molecule has 0 saturated carbocycles. The summed E-state index contributed by atoms with van der Waals surface area (Å²) in [5.74, 6) is 0.614. The van der Waals surface area contributed by atoms with E-state index in [1.54, 1.807) is 13.1 Å². The number of fused-ring (bicyclic) bond motifs is 1. The normalized spacial score (nSPS) is 10.5. The van der Waals surface area contributed by atoms with E-state index in [-0.39, 0.29) is 11.9 Å². The van der Waals surface area contributed by atoms with Gasteiger partial charge in [-0.05, 0) is 18.2 Å². The zero-order valence-electron chi connectivity index (χ0n) is 11.3. The van der Waals surface area contributed by atoms with Gasteiger partial charge in [-0.25, -0.2) is 4.98 Å². The number of amides is 1. The first-order valence-electron chi connectivity index (χ1n) is 6.28. The van der Waals surface area contributed by atoms with Gasteiger partial charge >= 0.3 is 0 Å². The van der Waals surface area contributed by atoms with E-state index in [1.807, 2.05) is 30.3 Å². The van der Waals surface area contributed by atoms with E-state index in [0.717, 1.165) is 11.1 Å². The van der Waals surface area contributed by atoms with Crippen LogP contribution in [-0.4, -0.2) is 22.9 Å². The van der Waals surface area contributed by atoms with E-state index in [0.29, 0.717) is 15.5 Å². The molecule has 1 aromatic carbocycles. The summed E-state index contributed by atoms with van der Waals surface area (Å²) in [5.41, 5.74) is 6.63. The molecular weight excluding hydrogens is 286 g/mol. The first kappa shape index (κ1) is 13.3. The maximum Gasteiger partial charge on any atom is 0.261 e. The maximum atomic E-state index is 11.7. The fraction of sp³-hybridized carbons (Fsp3) is 0.0714. The summed E-state index contributed by atoms with van der Waals surface area (Å²) in [5, 5.41) is 6.57. The van der Waals surface area contributed by atoms with Gasteiger partial charge in [0.1, 0.15) is 10.6 Å². The molecule has 21 heavy (non-hydrogen) atoms. The molecule has 3 rings (SSSR count). The van der Waals surface area contributed by atoms with Gasteiger partial charge in [-0.3, -0.25) is 4.79 Å². The number of benzene rings is 1. The largest absolute Gasteiger partial charge is 0.368 e. The minimum Gasteiger partial charge on any atom is -0.368 e. The first-order chi connectivity index (χ1) is 10.2. The zero-order chi connectivity index (χ0) is 14.8. The number of carbonyl (C=O) groups is 1. The van der Waals surface area contributed by atoms with Crippen molar-refractivity contribution in [3.8, 4) is 0 Å². The molecular formula is C14H13N5OS. The summed E-state index contributed by atoms with van der Waals surface area (Å²) in [6.07, 6.45) is 0. The van der Waals surface area contributed by atoms with Crippen molar-refractivity contribution < 1.29 is 4.79 Å². The quantitative estimate of drug-likeness (QED) is 0.690. The zero-order valence-corrected chi connectivity index (χ0v) is 12.1. The molecule has 0 spiro atoms. The van der Waals surface area contributed by atoms with E-state index in [1.165, 1.54) is 11.3 Å². The van der Waals surface area contributed by atoms with Crippen molar-refractivity contribution in [2.75, 3.05) is 18.1 Å². The van der Waals surface area contributed by atoms with Crippen LogP contribution < -0.4 is 16.4 Å². The maximum absolute atomic E-state index is 11.7. The van der Waals surface area contributed by atoms with Crippen LogP contribution in [0.1, 0.15) is 9.67 Å². The summed E-state index contributed by atoms with van der Waals surface area (Å²) in [4.78, 5) is 21.4. The highest BCUT2D eigenvalue weighted by atomic mass is 32.1. The minimum atomic E-state index is -0.151. The lowest BCUT2D eigenvalue weighted by Gasteiger charge is -2.06. The van der Waals surface area contributed by atoms with Gasteiger partial charge in [0.15, 0.2) is 0 Å². The van der Waals surface area contributed by atoms with Crippen molar-refractivity contribution in [3.63, 3.8) is 0 Å². The van der Waals surface area contributed by atoms with Gasteiger partial charge in [-0.1, -0.05) is 18.2 Å². The van der Waals surface area contributed by atoms with Gasteiger partial charge in [0, 0.05) is 12.7 Å². The summed E-state index contributed by atoms with van der Waals surface area (Å²) < 4.78 is 0. The smallest absolute Gasteiger partial charge is 0.261 e. The minimum absolute atomic E-state index is 0.151. The number of nitrogens with zero attached hydrogens (tertiary/aromatic N) is 2. The Bertz CT molecular complexity index is 800. The predicted molar refractivity (Wildman–Crippen MR) is 84.9 cm³/mol. The topological polar surface area (TPSA) is 92.9 Å². The molecule has 0 aliphatic heterocycles. The number of hydrogen-bond donors (Lipinski definition) is 3. The Morgan fingerprint density at radius 3 is 2.71 bits per heavy atom. The van der Waals surface area contributed by atoms with Crippen LogP contribution in [-0.2, 0) is 0 Å². The Morgan fingerprint density at radius 1 is 1.24 bits per heavy atom. The monoisotopic (exact) mass is 299 g/mol. The lowest BCUT2D eigenvalue weighted by atomic mass is 10.3. The lowest BCUT2D eigenvalue weighted by Crippen LogP contribution is -2.15. The Morgan fingerprint density at radius 2 is 2.00 bits per heavy atom. The second kappa shape index (κ2) is 5.37. The van der Waals surface area contributed by atoms with Gasteiger partial charge in [0.2, 0.25) is 5.95 Å². The van der Waals surface area contributed by atoms with E-state index in [9.17, 15) is 4.79 Å². The van der Waals surface area contributed by atoms with Crippen molar-refractivity contribution in [2.45, 2.75) is 0 Å². The molecule has 0 atom stereocenters. The molecule has 0 aliphatic rings. The fourth-order valence-electron chi connectivity index (χ4n) is 1.93. The number of nitrogens with one attached hydrogen (secondary N) is 2. The van der Waals surface area contributed by atoms with Gasteiger partial charge in [0.05, 0.1) is 10.3 Å². The fourth-order valence-corrected chi connectivity index (χ4v) is 2.91. The second-order valence-corrected chi connectivity index (χ2v) is 5.36. The van der Waals surface area contributed by atoms with Gasteiger partial charge in [0.25, 0.3) is 5.91 Å². The SMILES string of the molecule is CNC(=O)c1cc2c(Nc3ccccc3)nc(N)nc2s1. The van der Waals surface area contributed by atoms with Crippen LogP contribution in [0.2, 0.25) is 0 Å². The molecule has 0 aliphatic carbocycles. The molecule has 1 amide bonds. The number of anilines is 3. The van der Waals surface area contributed by atoms with Crippen molar-refractivity contribution in [1.29, 1.82) is 0 Å². The predicted octanol–water partition coefficient (Wildman–Crippen LogP) is 2.38. The summed E-state index contributed by atoms with van der Waals surface area (Å²) in [6, 6.07) is 11.4. The Labute approximate surface area is 125 Å². The molecule has 7 heteroatoms. The molecule has 3 aromatic rings. The van der Waals surface area contributed by atoms with Crippen molar-refractivity contribution in [1.82, 2.24) is 15.3 Å². The van der Waals surface area contributed by atoms with Gasteiger partial charge < -0.3 is 16.4 Å². The number of rotatable bonds is 3. The van der Waals surface area contributed by atoms with E-state index < -0.39 is 0 Å². The summed E-state index contributed by atoms with van der Waals surface area (Å²) in [7, 11) is 1.59. The number of nitrogens with two attached hydrogens (primary N) is 1. The highest BCUT2D eigenvalue weighted by Crippen LogP contribution is 2.31. The van der Waals surface area contributed by atoms with Crippen LogP contribution in [0.4, 0.5) is 17.5 Å². The molecule has 0 bridgehead atoms. The van der Waals surface area contributed by atoms with Crippen LogP contribution in [0.3, 0.4) is 0 Å². The number of nitrogen functional groups attached to an aromatic ring is 1. The van der Waals surface area contributed by atoms with Crippen LogP contribution in [0.5, 0.6) is 0 Å². The molecule has 4 N–H and O–H groups in total. The van der Waals surface area contributed by atoms with Crippen molar-refractivity contribution >= 4 is 44.9 Å². The summed E-state index contributed by atoms with van der Waals surface area (Å²) in [6.45, 7) is 0. The number of carbonyl (C=O) groups excluding carboxylic acids is 1. The highest BCUT2D eigenvalue weighted by Gasteiger charge is 2.14. The van der Waals surface area contributed by atoms with Crippen molar-refractivity contribution in [3.05, 3.63) is 41.3 Å². The third-order valence-corrected chi connectivity index (χ3v) is 3.93. The Balaban J connectivity index is 2.08. The van der Waals surface area contributed by atoms with E-state index in [4.69, 9.17) is 5.73 Å². The third kappa shape index (κ3) is 2.63. The van der Waals surface area contributed by atoms with E-state index >= 15 is 0 Å². The third-order valence-electron chi connectivity index (χ3n) is 2.90. The number of para-hydroxylation sites is 1. The van der Waals surface area contributed by atoms with Crippen LogP contribution in [0.25, 0.3) is 10.2 Å². The lowest BCUT2D eigenvalue weighted by molar-refractivity contribution is 0.0967. The summed E-state index contributed by atoms with van der Waals surface area (Å²) >= 11 is 1.29. The first-order valence-corrected chi connectivity index (χ1v) is 7.10. The average molecular weight is 299 g/mol. The van der Waals surface area contributed by atoms with Crippen LogP contribution >= 0.6 is 11.3 Å². The molecule has 2 aromatic heterocycles. The molecule has 0 saturated heterocycles. The number of thiophene rings is 1. The Kier molecular flexibility index (Phi) is 3.41. The molecule has 106 valence electrons. The number of aromatic nitrogens is 2.